The van der Waals surface area contributed by atoms with E-state index in [9.17, 15) is 26.7 Å². The van der Waals surface area contributed by atoms with Gasteiger partial charge in [-0.05, 0) is 18.2 Å². The van der Waals surface area contributed by atoms with Crippen molar-refractivity contribution in [2.45, 2.75) is 31.3 Å². The molecule has 0 saturated heterocycles. The maximum Gasteiger partial charge on any atom is 0.434 e. The van der Waals surface area contributed by atoms with Crippen LogP contribution in [-0.2, 0) is 6.18 Å². The second-order valence-corrected chi connectivity index (χ2v) is 4.99. The molecule has 0 aromatic carbocycles. The summed E-state index contributed by atoms with van der Waals surface area (Å²) in [7, 11) is 0. The molecule has 1 aromatic heterocycles. The van der Waals surface area contributed by atoms with Gasteiger partial charge in [-0.3, -0.25) is 0 Å². The van der Waals surface area contributed by atoms with Crippen molar-refractivity contribution in [1.82, 2.24) is 4.98 Å². The summed E-state index contributed by atoms with van der Waals surface area (Å²) in [5.41, 5.74) is -4.26. The summed E-state index contributed by atoms with van der Waals surface area (Å²) in [5.74, 6) is -1.55. The van der Waals surface area contributed by atoms with Crippen LogP contribution in [0.25, 0.3) is 0 Å². The molecule has 0 aliphatic heterocycles. The fourth-order valence-electron chi connectivity index (χ4n) is 1.65. The summed E-state index contributed by atoms with van der Waals surface area (Å²) < 4.78 is 64.0. The van der Waals surface area contributed by atoms with Gasteiger partial charge in [0.15, 0.2) is 5.69 Å². The molecule has 0 aliphatic carbocycles. The Morgan fingerprint density at radius 1 is 1.40 bits per heavy atom. The van der Waals surface area contributed by atoms with E-state index < -0.39 is 35.5 Å². The Morgan fingerprint density at radius 2 is 1.95 bits per heavy atom. The molecular weight excluding hydrogens is 305 g/mol. The lowest BCUT2D eigenvalue weighted by Crippen LogP contribution is -2.19. The van der Waals surface area contributed by atoms with E-state index in [-0.39, 0.29) is 10.5 Å². The van der Waals surface area contributed by atoms with Gasteiger partial charge in [0.2, 0.25) is 0 Å². The van der Waals surface area contributed by atoms with E-state index >= 15 is 0 Å². The van der Waals surface area contributed by atoms with E-state index in [0.717, 1.165) is 18.7 Å². The first-order valence-corrected chi connectivity index (χ1v) is 6.35. The van der Waals surface area contributed by atoms with E-state index in [1.54, 1.807) is 6.92 Å². The van der Waals surface area contributed by atoms with Crippen LogP contribution in [0.15, 0.2) is 4.90 Å². The summed E-state index contributed by atoms with van der Waals surface area (Å²) in [4.78, 5) is 13.6. The molecule has 0 bridgehead atoms. The highest BCUT2D eigenvalue weighted by molar-refractivity contribution is 7.99. The number of hydrogen-bond acceptors (Lipinski definition) is 3. The Morgan fingerprint density at radius 3 is 2.30 bits per heavy atom. The summed E-state index contributed by atoms with van der Waals surface area (Å²) in [6.07, 6.45) is -8.33. The van der Waals surface area contributed by atoms with Crippen molar-refractivity contribution in [2.75, 3.05) is 5.75 Å². The van der Waals surface area contributed by atoms with Gasteiger partial charge in [-0.15, -0.1) is 11.8 Å². The number of thioether (sulfide) groups is 1. The van der Waals surface area contributed by atoms with Crippen LogP contribution in [0.4, 0.5) is 22.0 Å². The zero-order chi connectivity index (χ0) is 15.7. The zero-order valence-corrected chi connectivity index (χ0v) is 11.2. The third-order valence-corrected chi connectivity index (χ3v) is 3.49. The number of carboxylic acid groups (broad SMARTS) is 1. The number of alkyl halides is 5. The lowest BCUT2D eigenvalue weighted by Gasteiger charge is -2.17. The van der Waals surface area contributed by atoms with Gasteiger partial charge in [-0.1, -0.05) is 6.92 Å². The number of nitrogens with zero attached hydrogens (tertiary/aromatic N) is 1. The molecule has 0 atom stereocenters. The van der Waals surface area contributed by atoms with Crippen molar-refractivity contribution in [1.29, 1.82) is 0 Å². The second kappa shape index (κ2) is 5.94. The summed E-state index contributed by atoms with van der Waals surface area (Å²) in [6.45, 7) is 2.68. The quantitative estimate of drug-likeness (QED) is 0.669. The Kier molecular flexibility index (Phi) is 4.95. The summed E-state index contributed by atoms with van der Waals surface area (Å²) >= 11 is 0.835. The van der Waals surface area contributed by atoms with E-state index in [1.807, 2.05) is 0 Å². The molecule has 0 unspecified atom stereocenters. The number of hydrogen-bond donors (Lipinski definition) is 1. The Labute approximate surface area is 115 Å². The zero-order valence-electron chi connectivity index (χ0n) is 10.4. The van der Waals surface area contributed by atoms with Gasteiger partial charge in [-0.25, -0.2) is 18.6 Å². The van der Waals surface area contributed by atoms with Crippen LogP contribution in [0.2, 0.25) is 0 Å². The largest absolute Gasteiger partial charge is 0.478 e. The molecule has 112 valence electrons. The van der Waals surface area contributed by atoms with Gasteiger partial charge >= 0.3 is 12.1 Å². The molecule has 0 saturated carbocycles. The molecule has 0 radical (unpaired) electrons. The monoisotopic (exact) mass is 315 g/mol. The predicted octanol–water partition coefficient (Wildman–Crippen LogP) is 4.16. The highest BCUT2D eigenvalue weighted by Gasteiger charge is 2.40. The van der Waals surface area contributed by atoms with E-state index in [1.165, 1.54) is 0 Å². The van der Waals surface area contributed by atoms with Crippen LogP contribution in [0.5, 0.6) is 0 Å². The molecule has 1 aromatic rings. The standard InChI is InChI=1S/C11H10F5NO2S/c1-3-20-7-4(2)5(10(18)19)8(11(14,15)16)17-6(7)9(12)13/h9H,3H2,1-2H3,(H,18,19). The SMILES string of the molecule is CCSc1c(C(F)F)nc(C(F)(F)F)c(C(=O)O)c1C. The minimum atomic E-state index is -5.11. The highest BCUT2D eigenvalue weighted by Crippen LogP contribution is 2.39. The van der Waals surface area contributed by atoms with Crippen molar-refractivity contribution in [3.63, 3.8) is 0 Å². The normalized spacial score (nSPS) is 12.0. The first kappa shape index (κ1) is 16.7. The van der Waals surface area contributed by atoms with Crippen molar-refractivity contribution >= 4 is 17.7 Å². The average molecular weight is 315 g/mol. The smallest absolute Gasteiger partial charge is 0.434 e. The van der Waals surface area contributed by atoms with E-state index in [4.69, 9.17) is 5.11 Å². The van der Waals surface area contributed by atoms with Crippen LogP contribution in [0.1, 0.15) is 40.7 Å². The van der Waals surface area contributed by atoms with E-state index in [0.29, 0.717) is 5.75 Å². The van der Waals surface area contributed by atoms with Crippen LogP contribution in [0, 0.1) is 6.92 Å². The maximum atomic E-state index is 12.8. The molecule has 1 rings (SSSR count). The number of aromatic carboxylic acids is 1. The molecular formula is C11H10F5NO2S. The van der Waals surface area contributed by atoms with Crippen LogP contribution in [0.3, 0.4) is 0 Å². The lowest BCUT2D eigenvalue weighted by molar-refractivity contribution is -0.142. The average Bonchev–Trinajstić information content (AvgIpc) is 2.28. The van der Waals surface area contributed by atoms with Crippen molar-refractivity contribution < 1.29 is 31.9 Å². The fraction of sp³-hybridized carbons (Fsp3) is 0.455. The number of pyridine rings is 1. The number of rotatable bonds is 4. The third-order valence-electron chi connectivity index (χ3n) is 2.40. The lowest BCUT2D eigenvalue weighted by atomic mass is 10.1. The van der Waals surface area contributed by atoms with Crippen molar-refractivity contribution in [3.05, 3.63) is 22.5 Å². The molecule has 3 nitrogen and oxygen atoms in total. The van der Waals surface area contributed by atoms with Gasteiger partial charge < -0.3 is 5.11 Å². The topological polar surface area (TPSA) is 50.2 Å². The van der Waals surface area contributed by atoms with Crippen LogP contribution in [-0.4, -0.2) is 21.8 Å². The van der Waals surface area contributed by atoms with Gasteiger partial charge in [0.05, 0.1) is 5.56 Å². The number of carboxylic acids is 1. The first-order valence-electron chi connectivity index (χ1n) is 5.37. The van der Waals surface area contributed by atoms with Crippen LogP contribution >= 0.6 is 11.8 Å². The molecule has 1 heterocycles. The fourth-order valence-corrected chi connectivity index (χ4v) is 2.54. The van der Waals surface area contributed by atoms with E-state index in [2.05, 4.69) is 4.98 Å². The summed E-state index contributed by atoms with van der Waals surface area (Å²) in [6, 6.07) is 0. The molecule has 0 fully saturated rings. The second-order valence-electron chi connectivity index (χ2n) is 3.71. The molecule has 1 N–H and O–H groups in total. The number of carbonyl (C=O) groups is 1. The molecule has 20 heavy (non-hydrogen) atoms. The minimum absolute atomic E-state index is 0.215. The minimum Gasteiger partial charge on any atom is -0.478 e. The van der Waals surface area contributed by atoms with Gasteiger partial charge in [0.25, 0.3) is 6.43 Å². The van der Waals surface area contributed by atoms with Gasteiger partial charge in [0, 0.05) is 4.90 Å². The molecule has 9 heteroatoms. The number of aromatic nitrogens is 1. The Balaban J connectivity index is 3.74. The van der Waals surface area contributed by atoms with Gasteiger partial charge in [0.1, 0.15) is 5.69 Å². The highest BCUT2D eigenvalue weighted by atomic mass is 32.2. The first-order chi connectivity index (χ1) is 9.11. The van der Waals surface area contributed by atoms with Crippen molar-refractivity contribution in [3.8, 4) is 0 Å². The predicted molar refractivity (Wildman–Crippen MR) is 62.3 cm³/mol. The van der Waals surface area contributed by atoms with Crippen LogP contribution < -0.4 is 0 Å². The molecule has 0 spiro atoms. The Bertz CT molecular complexity index is 531. The third kappa shape index (κ3) is 3.20. The Hall–Kier alpha value is -1.38. The molecule has 0 aliphatic rings. The maximum absolute atomic E-state index is 12.8. The van der Waals surface area contributed by atoms with Crippen molar-refractivity contribution in [2.24, 2.45) is 0 Å². The summed E-state index contributed by atoms with van der Waals surface area (Å²) in [5, 5.41) is 8.90. The number of halogens is 5. The van der Waals surface area contributed by atoms with Gasteiger partial charge in [-0.2, -0.15) is 13.2 Å². The molecule has 0 amide bonds.